The van der Waals surface area contributed by atoms with Crippen molar-refractivity contribution < 1.29 is 23.5 Å². The fraction of sp³-hybridized carbons (Fsp3) is 0.350. The molecular weight excluding hydrogens is 365 g/mol. The van der Waals surface area contributed by atoms with E-state index in [4.69, 9.17) is 9.47 Å². The van der Waals surface area contributed by atoms with E-state index >= 15 is 0 Å². The first-order chi connectivity index (χ1) is 13.4. The summed E-state index contributed by atoms with van der Waals surface area (Å²) in [7, 11) is 1.35. The number of rotatable bonds is 6. The summed E-state index contributed by atoms with van der Waals surface area (Å²) in [5.41, 5.74) is -1.61. The Balaban J connectivity index is 1.90. The summed E-state index contributed by atoms with van der Waals surface area (Å²) in [6.45, 7) is 3.83. The Hall–Kier alpha value is -3.16. The number of methoxy groups -OCH3 is 1. The first-order valence-corrected chi connectivity index (χ1v) is 9.01. The monoisotopic (exact) mass is 387 g/mol. The normalized spacial score (nSPS) is 18.3. The molecule has 0 aliphatic carbocycles. The number of benzene rings is 1. The molecule has 0 saturated carbocycles. The van der Waals surface area contributed by atoms with Crippen LogP contribution in [-0.2, 0) is 9.59 Å². The molecule has 1 aromatic heterocycles. The van der Waals surface area contributed by atoms with Crippen LogP contribution in [0.2, 0.25) is 0 Å². The first-order valence-electron chi connectivity index (χ1n) is 9.01. The maximum absolute atomic E-state index is 13.9. The van der Waals surface area contributed by atoms with E-state index in [1.807, 2.05) is 6.92 Å². The maximum atomic E-state index is 13.9. The number of hydrogen-bond acceptors (Lipinski definition) is 5. The Kier molecular flexibility index (Phi) is 5.48. The molecule has 28 heavy (non-hydrogen) atoms. The largest absolute Gasteiger partial charge is 0.494 e. The number of hydrogen-bond donors (Lipinski definition) is 1. The predicted octanol–water partition coefficient (Wildman–Crippen LogP) is 3.15. The molecule has 2 amide bonds. The summed E-state index contributed by atoms with van der Waals surface area (Å²) in [5, 5.41) is 2.55. The third kappa shape index (κ3) is 3.49. The maximum Gasteiger partial charge on any atom is 0.282 e. The van der Waals surface area contributed by atoms with Gasteiger partial charge in [-0.25, -0.2) is 9.37 Å². The van der Waals surface area contributed by atoms with Crippen molar-refractivity contribution in [3.05, 3.63) is 42.3 Å². The molecule has 1 unspecified atom stereocenters. The zero-order valence-electron chi connectivity index (χ0n) is 16.0. The Morgan fingerprint density at radius 1 is 1.39 bits per heavy atom. The molecule has 0 spiro atoms. The smallest absolute Gasteiger partial charge is 0.282 e. The van der Waals surface area contributed by atoms with Gasteiger partial charge in [0.25, 0.3) is 17.4 Å². The lowest BCUT2D eigenvalue weighted by Gasteiger charge is -2.38. The van der Waals surface area contributed by atoms with Crippen LogP contribution in [0.3, 0.4) is 0 Å². The van der Waals surface area contributed by atoms with Crippen molar-refractivity contribution in [2.24, 2.45) is 0 Å². The van der Waals surface area contributed by atoms with Crippen molar-refractivity contribution in [3.8, 4) is 11.5 Å². The highest BCUT2D eigenvalue weighted by Crippen LogP contribution is 2.36. The molecule has 2 aromatic rings. The zero-order chi connectivity index (χ0) is 20.3. The van der Waals surface area contributed by atoms with Gasteiger partial charge < -0.3 is 14.8 Å². The van der Waals surface area contributed by atoms with E-state index in [0.717, 1.165) is 18.9 Å². The molecule has 0 radical (unpaired) electrons. The van der Waals surface area contributed by atoms with Crippen LogP contribution < -0.4 is 19.7 Å². The molecule has 2 heterocycles. The van der Waals surface area contributed by atoms with E-state index in [1.54, 1.807) is 18.3 Å². The molecular formula is C20H22FN3O4. The van der Waals surface area contributed by atoms with E-state index in [-0.39, 0.29) is 11.4 Å². The minimum Gasteiger partial charge on any atom is -0.494 e. The highest BCUT2D eigenvalue weighted by molar-refractivity contribution is 6.19. The summed E-state index contributed by atoms with van der Waals surface area (Å²) in [6, 6.07) is 7.33. The standard InChI is InChI=1S/C20H22FN3O4/c1-4-5-11-24-17-16(7-6-10-22-17)28-20(2,19(24)26)18(25)23-13-8-9-15(27-3)14(21)12-13/h6-10,12H,4-5,11H2,1-3H3,(H,23,25). The molecule has 1 atom stereocenters. The molecule has 1 N–H and O–H groups in total. The van der Waals surface area contributed by atoms with Gasteiger partial charge in [0.2, 0.25) is 0 Å². The van der Waals surface area contributed by atoms with E-state index in [9.17, 15) is 14.0 Å². The number of nitrogens with one attached hydrogen (secondary N) is 1. The van der Waals surface area contributed by atoms with Crippen molar-refractivity contribution in [3.63, 3.8) is 0 Å². The summed E-state index contributed by atoms with van der Waals surface area (Å²) < 4.78 is 24.6. The SMILES string of the molecule is CCCCN1C(=O)C(C)(C(=O)Nc2ccc(OC)c(F)c2)Oc2cccnc21. The lowest BCUT2D eigenvalue weighted by molar-refractivity contribution is -0.145. The fourth-order valence-electron chi connectivity index (χ4n) is 2.94. The van der Waals surface area contributed by atoms with Crippen molar-refractivity contribution in [2.75, 3.05) is 23.9 Å². The predicted molar refractivity (Wildman–Crippen MR) is 102 cm³/mol. The lowest BCUT2D eigenvalue weighted by Crippen LogP contribution is -2.61. The third-order valence-electron chi connectivity index (χ3n) is 4.55. The van der Waals surface area contributed by atoms with E-state index in [2.05, 4.69) is 10.3 Å². The number of carbonyl (C=O) groups excluding carboxylic acids is 2. The van der Waals surface area contributed by atoms with Crippen molar-refractivity contribution in [1.82, 2.24) is 4.98 Å². The second kappa shape index (κ2) is 7.84. The van der Waals surface area contributed by atoms with Crippen LogP contribution in [0.5, 0.6) is 11.5 Å². The Bertz CT molecular complexity index is 905. The summed E-state index contributed by atoms with van der Waals surface area (Å²) in [4.78, 5) is 31.8. The van der Waals surface area contributed by atoms with Crippen LogP contribution >= 0.6 is 0 Å². The number of amides is 2. The number of unbranched alkanes of at least 4 members (excludes halogenated alkanes) is 1. The zero-order valence-corrected chi connectivity index (χ0v) is 16.0. The molecule has 1 aliphatic heterocycles. The van der Waals surface area contributed by atoms with E-state index in [0.29, 0.717) is 18.1 Å². The van der Waals surface area contributed by atoms with Crippen molar-refractivity contribution >= 4 is 23.3 Å². The van der Waals surface area contributed by atoms with Gasteiger partial charge in [0.15, 0.2) is 23.1 Å². The fourth-order valence-corrected chi connectivity index (χ4v) is 2.94. The Morgan fingerprint density at radius 2 is 2.18 bits per heavy atom. The summed E-state index contributed by atoms with van der Waals surface area (Å²) in [6.07, 6.45) is 3.20. The quantitative estimate of drug-likeness (QED) is 0.770. The van der Waals surface area contributed by atoms with Crippen LogP contribution in [0.15, 0.2) is 36.5 Å². The van der Waals surface area contributed by atoms with Crippen LogP contribution in [0.4, 0.5) is 15.9 Å². The molecule has 3 rings (SSSR count). The molecule has 1 aliphatic rings. The molecule has 1 aromatic carbocycles. The number of ether oxygens (including phenoxy) is 2. The van der Waals surface area contributed by atoms with Gasteiger partial charge in [0, 0.05) is 24.5 Å². The number of anilines is 2. The van der Waals surface area contributed by atoms with Crippen molar-refractivity contribution in [1.29, 1.82) is 0 Å². The lowest BCUT2D eigenvalue weighted by atomic mass is 10.0. The minimum absolute atomic E-state index is 0.0555. The second-order valence-electron chi connectivity index (χ2n) is 6.57. The molecule has 0 bridgehead atoms. The number of fused-ring (bicyclic) bond motifs is 1. The Labute approximate surface area is 162 Å². The number of carbonyl (C=O) groups is 2. The topological polar surface area (TPSA) is 80.8 Å². The van der Waals surface area contributed by atoms with Gasteiger partial charge in [0.05, 0.1) is 7.11 Å². The van der Waals surface area contributed by atoms with Crippen molar-refractivity contribution in [2.45, 2.75) is 32.3 Å². The summed E-state index contributed by atoms with van der Waals surface area (Å²) in [5.74, 6) is -1.05. The average molecular weight is 387 g/mol. The van der Waals surface area contributed by atoms with Gasteiger partial charge in [-0.3, -0.25) is 14.5 Å². The van der Waals surface area contributed by atoms with Gasteiger partial charge in [0.1, 0.15) is 0 Å². The Morgan fingerprint density at radius 3 is 2.86 bits per heavy atom. The second-order valence-corrected chi connectivity index (χ2v) is 6.57. The molecule has 7 nitrogen and oxygen atoms in total. The minimum atomic E-state index is -1.81. The van der Waals surface area contributed by atoms with Crippen LogP contribution in [0.25, 0.3) is 0 Å². The summed E-state index contributed by atoms with van der Waals surface area (Å²) >= 11 is 0. The van der Waals surface area contributed by atoms with Crippen LogP contribution in [-0.4, -0.2) is 36.1 Å². The third-order valence-corrected chi connectivity index (χ3v) is 4.55. The number of halogens is 1. The molecule has 0 saturated heterocycles. The van der Waals surface area contributed by atoms with Gasteiger partial charge in [-0.05, 0) is 37.6 Å². The number of aromatic nitrogens is 1. The average Bonchev–Trinajstić information content (AvgIpc) is 2.68. The molecule has 8 heteroatoms. The molecule has 148 valence electrons. The van der Waals surface area contributed by atoms with Crippen LogP contribution in [0, 0.1) is 5.82 Å². The highest BCUT2D eigenvalue weighted by Gasteiger charge is 2.51. The van der Waals surface area contributed by atoms with Gasteiger partial charge in [-0.1, -0.05) is 13.3 Å². The highest BCUT2D eigenvalue weighted by atomic mass is 19.1. The number of nitrogens with zero attached hydrogens (tertiary/aromatic N) is 2. The van der Waals surface area contributed by atoms with Gasteiger partial charge >= 0.3 is 0 Å². The van der Waals surface area contributed by atoms with Gasteiger partial charge in [-0.15, -0.1) is 0 Å². The number of pyridine rings is 1. The molecule has 0 fully saturated rings. The van der Waals surface area contributed by atoms with Gasteiger partial charge in [-0.2, -0.15) is 0 Å². The van der Waals surface area contributed by atoms with E-state index < -0.39 is 23.2 Å². The van der Waals surface area contributed by atoms with E-state index in [1.165, 1.54) is 31.1 Å². The van der Waals surface area contributed by atoms with Crippen LogP contribution in [0.1, 0.15) is 26.7 Å². The first kappa shape index (κ1) is 19.6.